The molecule has 3 fully saturated rings. The van der Waals surface area contributed by atoms with E-state index in [1.54, 1.807) is 9.80 Å². The van der Waals surface area contributed by atoms with Crippen molar-refractivity contribution in [2.24, 2.45) is 5.92 Å². The first-order chi connectivity index (χ1) is 25.2. The van der Waals surface area contributed by atoms with Crippen LogP contribution in [0.15, 0.2) is 36.4 Å². The summed E-state index contributed by atoms with van der Waals surface area (Å²) in [7, 11) is 0. The molecule has 4 aliphatic heterocycles. The highest BCUT2D eigenvalue weighted by Crippen LogP contribution is 2.38. The third kappa shape index (κ3) is 9.45. The minimum Gasteiger partial charge on any atom is -0.480 e. The first-order valence-electron chi connectivity index (χ1n) is 18.0. The SMILES string of the molecule is Nc1c(Cl)cc(C[C@@H](OC(=O)N2CCC(N3CCc4ccccc4NC3=O)CC2)C(=O)N2CCN(CC3CCN(CC(=O)O)C3)CC2)cc1C(F)(F)F. The van der Waals surface area contributed by atoms with Crippen LogP contribution in [0.25, 0.3) is 0 Å². The van der Waals surface area contributed by atoms with Gasteiger partial charge >= 0.3 is 24.3 Å². The van der Waals surface area contributed by atoms with Crippen molar-refractivity contribution in [2.45, 2.75) is 50.4 Å². The molecule has 4 N–H and O–H groups in total. The van der Waals surface area contributed by atoms with Gasteiger partial charge in [0.05, 0.1) is 22.8 Å². The molecule has 0 aromatic heterocycles. The monoisotopic (exact) mass is 763 g/mol. The number of carboxylic acids is 1. The predicted octanol–water partition coefficient (Wildman–Crippen LogP) is 4.09. The Hall–Kier alpha value is -4.28. The minimum atomic E-state index is -4.79. The number of likely N-dealkylation sites (tertiary alicyclic amines) is 2. The van der Waals surface area contributed by atoms with Gasteiger partial charge in [0.1, 0.15) is 0 Å². The van der Waals surface area contributed by atoms with Gasteiger partial charge < -0.3 is 35.6 Å². The van der Waals surface area contributed by atoms with Crippen molar-refractivity contribution >= 4 is 47.0 Å². The summed E-state index contributed by atoms with van der Waals surface area (Å²) >= 11 is 6.10. The Morgan fingerprint density at radius 1 is 0.962 bits per heavy atom. The van der Waals surface area contributed by atoms with E-state index in [0.717, 1.165) is 30.3 Å². The molecule has 6 rings (SSSR count). The van der Waals surface area contributed by atoms with Crippen LogP contribution in [0.3, 0.4) is 0 Å². The molecule has 13 nitrogen and oxygen atoms in total. The number of para-hydroxylation sites is 1. The van der Waals surface area contributed by atoms with E-state index >= 15 is 0 Å². The van der Waals surface area contributed by atoms with Crippen LogP contribution in [0, 0.1) is 5.92 Å². The Balaban J connectivity index is 1.09. The Kier molecular flexibility index (Phi) is 11.9. The Labute approximate surface area is 310 Å². The van der Waals surface area contributed by atoms with Crippen molar-refractivity contribution in [1.82, 2.24) is 24.5 Å². The number of piperazine rings is 1. The summed E-state index contributed by atoms with van der Waals surface area (Å²) in [6.07, 6.45) is -4.80. The number of piperidine rings is 1. The van der Waals surface area contributed by atoms with Crippen LogP contribution in [-0.2, 0) is 33.3 Å². The number of nitrogens with zero attached hydrogens (tertiary/aromatic N) is 5. The number of nitrogens with two attached hydrogens (primary N) is 1. The number of fused-ring (bicyclic) bond motifs is 1. The van der Waals surface area contributed by atoms with Crippen LogP contribution in [0.1, 0.15) is 36.0 Å². The number of hydrogen-bond donors (Lipinski definition) is 3. The number of amides is 4. The van der Waals surface area contributed by atoms with Gasteiger partial charge in [-0.25, -0.2) is 9.59 Å². The average molecular weight is 764 g/mol. The standard InChI is InChI=1S/C36H45ClF3N7O6/c37-28-18-24(17-27(32(28)41)36(38,39)40)19-30(33(50)45-15-13-43(14-16-45)20-23-5-9-44(21-23)22-31(48)49)53-35(52)46-10-7-26(8-11-46)47-12-6-25-3-1-2-4-29(25)42-34(47)51/h1-4,17-18,23,26,30H,5-16,19-22,41H2,(H,42,51)(H,48,49)/t23?,30-/m1/s1. The van der Waals surface area contributed by atoms with E-state index in [1.165, 1.54) is 11.0 Å². The second-order valence-corrected chi connectivity index (χ2v) is 14.7. The summed E-state index contributed by atoms with van der Waals surface area (Å²) in [6.45, 7) is 4.92. The van der Waals surface area contributed by atoms with Gasteiger partial charge in [-0.3, -0.25) is 19.4 Å². The summed E-state index contributed by atoms with van der Waals surface area (Å²) in [5, 5.41) is 11.8. The Morgan fingerprint density at radius 3 is 2.38 bits per heavy atom. The fourth-order valence-electron chi connectivity index (χ4n) is 7.83. The van der Waals surface area contributed by atoms with Crippen LogP contribution >= 0.6 is 11.6 Å². The third-order valence-corrected chi connectivity index (χ3v) is 11.0. The van der Waals surface area contributed by atoms with Gasteiger partial charge in [0.15, 0.2) is 6.10 Å². The molecule has 2 aromatic carbocycles. The summed E-state index contributed by atoms with van der Waals surface area (Å²) in [5.41, 5.74) is 5.75. The zero-order chi connectivity index (χ0) is 37.9. The third-order valence-electron chi connectivity index (χ3n) is 10.7. The van der Waals surface area contributed by atoms with E-state index in [4.69, 9.17) is 27.2 Å². The van der Waals surface area contributed by atoms with Crippen molar-refractivity contribution < 1.29 is 42.2 Å². The molecule has 3 saturated heterocycles. The van der Waals surface area contributed by atoms with Crippen LogP contribution in [0.2, 0.25) is 5.02 Å². The topological polar surface area (TPSA) is 152 Å². The highest BCUT2D eigenvalue weighted by molar-refractivity contribution is 6.33. The molecule has 1 unspecified atom stereocenters. The van der Waals surface area contributed by atoms with Crippen LogP contribution in [0.5, 0.6) is 0 Å². The number of halogens is 4. The van der Waals surface area contributed by atoms with Gasteiger partial charge in [-0.2, -0.15) is 13.2 Å². The number of alkyl halides is 3. The quantitative estimate of drug-likeness (QED) is 0.321. The predicted molar refractivity (Wildman–Crippen MR) is 191 cm³/mol. The zero-order valence-electron chi connectivity index (χ0n) is 29.3. The zero-order valence-corrected chi connectivity index (χ0v) is 30.1. The number of rotatable bonds is 9. The van der Waals surface area contributed by atoms with Crippen LogP contribution in [-0.4, -0.2) is 138 Å². The maximum Gasteiger partial charge on any atom is 0.418 e. The van der Waals surface area contributed by atoms with Crippen molar-refractivity contribution in [3.63, 3.8) is 0 Å². The second-order valence-electron chi connectivity index (χ2n) is 14.3. The molecule has 288 valence electrons. The lowest BCUT2D eigenvalue weighted by molar-refractivity contribution is -0.142. The van der Waals surface area contributed by atoms with Crippen molar-refractivity contribution in [3.8, 4) is 0 Å². The van der Waals surface area contributed by atoms with E-state index in [0.29, 0.717) is 71.0 Å². The number of carbonyl (C=O) groups is 4. The molecule has 53 heavy (non-hydrogen) atoms. The van der Waals surface area contributed by atoms with Gasteiger partial charge in [0.2, 0.25) is 0 Å². The van der Waals surface area contributed by atoms with E-state index in [2.05, 4.69) is 10.2 Å². The molecule has 17 heteroatoms. The fraction of sp³-hybridized carbons (Fsp3) is 0.556. The van der Waals surface area contributed by atoms with Gasteiger partial charge in [0, 0.05) is 77.1 Å². The number of nitrogen functional groups attached to an aromatic ring is 1. The van der Waals surface area contributed by atoms with Crippen molar-refractivity contribution in [1.29, 1.82) is 0 Å². The number of hydrogen-bond acceptors (Lipinski definition) is 8. The van der Waals surface area contributed by atoms with E-state index in [-0.39, 0.29) is 48.7 Å². The largest absolute Gasteiger partial charge is 0.480 e. The van der Waals surface area contributed by atoms with Crippen LogP contribution < -0.4 is 11.1 Å². The molecule has 2 aromatic rings. The molecule has 0 spiro atoms. The number of benzene rings is 2. The number of anilines is 2. The minimum absolute atomic E-state index is 0.00539. The molecule has 4 aliphatic rings. The summed E-state index contributed by atoms with van der Waals surface area (Å²) in [4.78, 5) is 60.7. The maximum absolute atomic E-state index is 14.0. The lowest BCUT2D eigenvalue weighted by Crippen LogP contribution is -2.54. The van der Waals surface area contributed by atoms with E-state index < -0.39 is 41.5 Å². The lowest BCUT2D eigenvalue weighted by atomic mass is 10.0. The molecule has 2 atom stereocenters. The molecular formula is C36H45ClF3N7O6. The fourth-order valence-corrected chi connectivity index (χ4v) is 8.07. The normalized spacial score (nSPS) is 21.2. The van der Waals surface area contributed by atoms with Crippen molar-refractivity contribution in [2.75, 3.05) is 83.0 Å². The maximum atomic E-state index is 14.0. The number of urea groups is 1. The van der Waals surface area contributed by atoms with Crippen molar-refractivity contribution in [3.05, 3.63) is 58.1 Å². The molecule has 0 saturated carbocycles. The number of nitrogens with one attached hydrogen (secondary N) is 1. The Bertz CT molecular complexity index is 1680. The first kappa shape index (κ1) is 38.4. The lowest BCUT2D eigenvalue weighted by Gasteiger charge is -2.39. The van der Waals surface area contributed by atoms with Gasteiger partial charge in [0.25, 0.3) is 5.91 Å². The number of carbonyl (C=O) groups excluding carboxylic acids is 3. The first-order valence-corrected chi connectivity index (χ1v) is 18.3. The summed E-state index contributed by atoms with van der Waals surface area (Å²) in [6, 6.07) is 9.40. The molecular weight excluding hydrogens is 719 g/mol. The average Bonchev–Trinajstić information content (AvgIpc) is 3.47. The highest BCUT2D eigenvalue weighted by atomic mass is 35.5. The van der Waals surface area contributed by atoms with E-state index in [9.17, 15) is 32.3 Å². The number of carboxylic acid groups (broad SMARTS) is 1. The molecule has 4 amide bonds. The molecule has 0 aliphatic carbocycles. The highest BCUT2D eigenvalue weighted by Gasteiger charge is 2.38. The van der Waals surface area contributed by atoms with Gasteiger partial charge in [-0.15, -0.1) is 0 Å². The molecule has 4 heterocycles. The second kappa shape index (κ2) is 16.4. The molecule has 0 bridgehead atoms. The summed E-state index contributed by atoms with van der Waals surface area (Å²) in [5.74, 6) is -1.08. The summed E-state index contributed by atoms with van der Waals surface area (Å²) < 4.78 is 47.3. The van der Waals surface area contributed by atoms with E-state index in [1.807, 2.05) is 29.2 Å². The molecule has 0 radical (unpaired) electrons. The number of ether oxygens (including phenoxy) is 1. The smallest absolute Gasteiger partial charge is 0.418 e. The Morgan fingerprint density at radius 2 is 1.68 bits per heavy atom. The van der Waals surface area contributed by atoms with Gasteiger partial charge in [-0.1, -0.05) is 29.8 Å². The van der Waals surface area contributed by atoms with Gasteiger partial charge in [-0.05, 0) is 67.5 Å². The van der Waals surface area contributed by atoms with Crippen LogP contribution in [0.4, 0.5) is 34.1 Å². The number of aliphatic carboxylic acids is 1.